The van der Waals surface area contributed by atoms with Crippen molar-refractivity contribution in [1.82, 2.24) is 0 Å². The summed E-state index contributed by atoms with van der Waals surface area (Å²) in [4.78, 5) is -1.60. The third-order valence-corrected chi connectivity index (χ3v) is 3.56. The number of ether oxygens (including phenoxy) is 1. The van der Waals surface area contributed by atoms with Gasteiger partial charge in [0.2, 0.25) is 0 Å². The fraction of sp³-hybridized carbons (Fsp3) is 0.455. The number of benzene rings is 1. The van der Waals surface area contributed by atoms with Crippen molar-refractivity contribution in [3.05, 3.63) is 29.3 Å². The van der Waals surface area contributed by atoms with Gasteiger partial charge in [-0.2, -0.15) is 13.2 Å². The summed E-state index contributed by atoms with van der Waals surface area (Å²) < 4.78 is 42.8. The van der Waals surface area contributed by atoms with Crippen LogP contribution in [0.3, 0.4) is 0 Å². The van der Waals surface area contributed by atoms with Crippen LogP contribution in [0.15, 0.2) is 18.2 Å². The molecule has 88 valence electrons. The molecule has 0 radical (unpaired) electrons. The Bertz CT molecular complexity index is 389. The van der Waals surface area contributed by atoms with E-state index in [-0.39, 0.29) is 5.56 Å². The van der Waals surface area contributed by atoms with Crippen LogP contribution in [0.2, 0.25) is 0 Å². The Morgan fingerprint density at radius 3 is 2.75 bits per heavy atom. The number of fused-ring (bicyclic) bond motifs is 1. The van der Waals surface area contributed by atoms with E-state index in [1.807, 2.05) is 0 Å². The van der Waals surface area contributed by atoms with Gasteiger partial charge in [0.05, 0.1) is 6.61 Å². The quantitative estimate of drug-likeness (QED) is 0.711. The van der Waals surface area contributed by atoms with Gasteiger partial charge in [0.25, 0.3) is 0 Å². The number of alkyl halides is 4. The Balaban J connectivity index is 2.30. The van der Waals surface area contributed by atoms with Gasteiger partial charge in [-0.25, -0.2) is 0 Å². The zero-order valence-electron chi connectivity index (χ0n) is 8.35. The Kier molecular flexibility index (Phi) is 3.15. The first-order chi connectivity index (χ1) is 7.48. The first-order valence-corrected chi connectivity index (χ1v) is 5.86. The van der Waals surface area contributed by atoms with Gasteiger partial charge in [0.1, 0.15) is 10.6 Å². The minimum absolute atomic E-state index is 0.233. The number of hydrogen-bond acceptors (Lipinski definition) is 1. The van der Waals surface area contributed by atoms with E-state index in [4.69, 9.17) is 4.74 Å². The van der Waals surface area contributed by atoms with Crippen molar-refractivity contribution in [3.8, 4) is 5.75 Å². The molecule has 1 nitrogen and oxygen atoms in total. The zero-order valence-corrected chi connectivity index (χ0v) is 9.94. The van der Waals surface area contributed by atoms with E-state index in [0.29, 0.717) is 12.4 Å². The highest BCUT2D eigenvalue weighted by Gasteiger charge is 2.39. The van der Waals surface area contributed by atoms with Crippen LogP contribution < -0.4 is 4.74 Å². The largest absolute Gasteiger partial charge is 0.493 e. The molecule has 0 aliphatic carbocycles. The first-order valence-electron chi connectivity index (χ1n) is 4.95. The molecule has 0 bridgehead atoms. The molecule has 2 rings (SSSR count). The standard InChI is InChI=1S/C11H10BrF3O/c12-10(11(13,14)15)8-3-4-9-7(6-8)2-1-5-16-9/h3-4,6,10H,1-2,5H2. The Hall–Kier alpha value is -0.710. The molecule has 0 aromatic heterocycles. The third-order valence-electron chi connectivity index (χ3n) is 2.51. The number of hydrogen-bond donors (Lipinski definition) is 0. The molecule has 0 N–H and O–H groups in total. The molecule has 1 aliphatic heterocycles. The second-order valence-corrected chi connectivity index (χ2v) is 4.64. The van der Waals surface area contributed by atoms with Gasteiger partial charge in [-0.05, 0) is 30.0 Å². The van der Waals surface area contributed by atoms with E-state index in [1.165, 1.54) is 6.07 Å². The average molecular weight is 295 g/mol. The van der Waals surface area contributed by atoms with Crippen LogP contribution >= 0.6 is 15.9 Å². The monoisotopic (exact) mass is 294 g/mol. The Morgan fingerprint density at radius 2 is 2.06 bits per heavy atom. The highest BCUT2D eigenvalue weighted by molar-refractivity contribution is 9.09. The molecule has 1 unspecified atom stereocenters. The maximum atomic E-state index is 12.5. The van der Waals surface area contributed by atoms with E-state index in [2.05, 4.69) is 15.9 Å². The molecule has 1 aromatic carbocycles. The molecule has 5 heteroatoms. The lowest BCUT2D eigenvalue weighted by atomic mass is 10.0. The normalized spacial score (nSPS) is 17.5. The SMILES string of the molecule is FC(F)(F)C(Br)c1ccc2c(c1)CCCO2. The topological polar surface area (TPSA) is 9.23 Å². The smallest absolute Gasteiger partial charge is 0.405 e. The maximum absolute atomic E-state index is 12.5. The molecule has 0 saturated heterocycles. The summed E-state index contributed by atoms with van der Waals surface area (Å²) in [6.45, 7) is 0.642. The van der Waals surface area contributed by atoms with E-state index < -0.39 is 11.0 Å². The fourth-order valence-corrected chi connectivity index (χ4v) is 2.01. The highest BCUT2D eigenvalue weighted by Crippen LogP contribution is 2.41. The average Bonchev–Trinajstić information content (AvgIpc) is 2.26. The molecule has 16 heavy (non-hydrogen) atoms. The van der Waals surface area contributed by atoms with Gasteiger partial charge < -0.3 is 4.74 Å². The fourth-order valence-electron chi connectivity index (χ4n) is 1.73. The molecule has 1 aliphatic rings. The molecule has 0 fully saturated rings. The molecule has 0 spiro atoms. The third kappa shape index (κ3) is 2.34. The van der Waals surface area contributed by atoms with Gasteiger partial charge in [-0.15, -0.1) is 0 Å². The Labute approximate surface area is 99.7 Å². The first kappa shape index (κ1) is 11.8. The summed E-state index contributed by atoms with van der Waals surface area (Å²) in [5, 5.41) is 0. The van der Waals surface area contributed by atoms with Crippen molar-refractivity contribution in [2.75, 3.05) is 6.61 Å². The van der Waals surface area contributed by atoms with E-state index >= 15 is 0 Å². The van der Waals surface area contributed by atoms with Crippen LogP contribution in [0.1, 0.15) is 22.4 Å². The van der Waals surface area contributed by atoms with Crippen molar-refractivity contribution < 1.29 is 17.9 Å². The minimum atomic E-state index is -4.26. The highest BCUT2D eigenvalue weighted by atomic mass is 79.9. The van der Waals surface area contributed by atoms with Crippen molar-refractivity contribution in [2.24, 2.45) is 0 Å². The Morgan fingerprint density at radius 1 is 1.31 bits per heavy atom. The van der Waals surface area contributed by atoms with Gasteiger partial charge in [0.15, 0.2) is 0 Å². The molecule has 1 atom stereocenters. The summed E-state index contributed by atoms with van der Waals surface area (Å²) in [7, 11) is 0. The predicted molar refractivity (Wildman–Crippen MR) is 58.0 cm³/mol. The van der Waals surface area contributed by atoms with Crippen LogP contribution in [0.25, 0.3) is 0 Å². The molecule has 1 heterocycles. The summed E-state index contributed by atoms with van der Waals surface area (Å²) in [6.07, 6.45) is -2.63. The summed E-state index contributed by atoms with van der Waals surface area (Å²) in [5.74, 6) is 0.705. The number of halogens is 4. The maximum Gasteiger partial charge on any atom is 0.405 e. The van der Waals surface area contributed by atoms with E-state index in [9.17, 15) is 13.2 Å². The lowest BCUT2D eigenvalue weighted by Gasteiger charge is -2.20. The second-order valence-electron chi connectivity index (χ2n) is 3.72. The van der Waals surface area contributed by atoms with Crippen LogP contribution in [0, 0.1) is 0 Å². The summed E-state index contributed by atoms with van der Waals surface area (Å²) in [5.41, 5.74) is 1.09. The van der Waals surface area contributed by atoms with Gasteiger partial charge in [-0.3, -0.25) is 0 Å². The molecule has 1 aromatic rings. The van der Waals surface area contributed by atoms with Crippen LogP contribution in [0.4, 0.5) is 13.2 Å². The number of aryl methyl sites for hydroxylation is 1. The van der Waals surface area contributed by atoms with Gasteiger partial charge in [0, 0.05) is 0 Å². The van der Waals surface area contributed by atoms with Crippen LogP contribution in [-0.2, 0) is 6.42 Å². The van der Waals surface area contributed by atoms with E-state index in [1.54, 1.807) is 12.1 Å². The van der Waals surface area contributed by atoms with E-state index in [0.717, 1.165) is 18.4 Å². The van der Waals surface area contributed by atoms with Crippen molar-refractivity contribution in [3.63, 3.8) is 0 Å². The van der Waals surface area contributed by atoms with Gasteiger partial charge in [-0.1, -0.05) is 28.1 Å². The summed E-state index contributed by atoms with van der Waals surface area (Å²) in [6, 6.07) is 4.64. The lowest BCUT2D eigenvalue weighted by molar-refractivity contribution is -0.128. The van der Waals surface area contributed by atoms with Crippen molar-refractivity contribution in [1.29, 1.82) is 0 Å². The predicted octanol–water partition coefficient (Wildman–Crippen LogP) is 4.01. The summed E-state index contributed by atoms with van der Waals surface area (Å²) >= 11 is 2.67. The van der Waals surface area contributed by atoms with Crippen LogP contribution in [0.5, 0.6) is 5.75 Å². The molecular formula is C11H10BrF3O. The molecule has 0 amide bonds. The van der Waals surface area contributed by atoms with Crippen LogP contribution in [-0.4, -0.2) is 12.8 Å². The molecular weight excluding hydrogens is 285 g/mol. The second kappa shape index (κ2) is 4.28. The minimum Gasteiger partial charge on any atom is -0.493 e. The number of rotatable bonds is 1. The van der Waals surface area contributed by atoms with Gasteiger partial charge >= 0.3 is 6.18 Å². The lowest BCUT2D eigenvalue weighted by Crippen LogP contribution is -2.16. The molecule has 0 saturated carbocycles. The van der Waals surface area contributed by atoms with Crippen molar-refractivity contribution >= 4 is 15.9 Å². The zero-order chi connectivity index (χ0) is 11.8. The van der Waals surface area contributed by atoms with Crippen molar-refractivity contribution in [2.45, 2.75) is 23.8 Å².